The van der Waals surface area contributed by atoms with Gasteiger partial charge in [0.1, 0.15) is 0 Å². The summed E-state index contributed by atoms with van der Waals surface area (Å²) in [5.41, 5.74) is 0. The van der Waals surface area contributed by atoms with E-state index >= 15 is 0 Å². The van der Waals surface area contributed by atoms with Crippen LogP contribution < -0.4 is 0 Å². The number of rotatable bonds is 15. The van der Waals surface area contributed by atoms with Gasteiger partial charge in [0.2, 0.25) is 0 Å². The molecule has 0 aromatic heterocycles. The van der Waals surface area contributed by atoms with Gasteiger partial charge < -0.3 is 5.11 Å². The number of unbranched alkanes of at least 4 members (excludes halogenated alkanes) is 8. The minimum atomic E-state index is -0.760. The van der Waals surface area contributed by atoms with Crippen LogP contribution in [0.4, 0.5) is 0 Å². The first-order chi connectivity index (χ1) is 10.8. The Morgan fingerprint density at radius 1 is 0.682 bits per heavy atom. The Labute approximate surface area is 137 Å². The first-order valence-electron chi connectivity index (χ1n) is 8.94. The third kappa shape index (κ3) is 18.7. The molecule has 0 aliphatic rings. The number of hydrogen-bond donors (Lipinski definition) is 1. The molecule has 126 valence electrons. The first kappa shape index (κ1) is 20.7. The van der Waals surface area contributed by atoms with Gasteiger partial charge in [-0.3, -0.25) is 4.79 Å². The van der Waals surface area contributed by atoms with E-state index in [0.29, 0.717) is 0 Å². The summed E-state index contributed by atoms with van der Waals surface area (Å²) in [4.78, 5) is 10.3. The van der Waals surface area contributed by atoms with Crippen molar-refractivity contribution in [1.82, 2.24) is 0 Å². The second-order valence-electron chi connectivity index (χ2n) is 5.70. The predicted octanol–water partition coefficient (Wildman–Crippen LogP) is 6.44. The van der Waals surface area contributed by atoms with Crippen LogP contribution in [0.5, 0.6) is 0 Å². The molecule has 2 nitrogen and oxygen atoms in total. The molecule has 22 heavy (non-hydrogen) atoms. The zero-order valence-corrected chi connectivity index (χ0v) is 14.3. The lowest BCUT2D eigenvalue weighted by molar-refractivity contribution is -0.136. The lowest BCUT2D eigenvalue weighted by Crippen LogP contribution is -1.89. The molecule has 0 fully saturated rings. The van der Waals surface area contributed by atoms with E-state index in [4.69, 9.17) is 5.11 Å². The van der Waals surface area contributed by atoms with E-state index < -0.39 is 5.97 Å². The van der Waals surface area contributed by atoms with Crippen molar-refractivity contribution in [3.63, 3.8) is 0 Å². The molecule has 1 N–H and O–H groups in total. The Morgan fingerprint density at radius 3 is 1.68 bits per heavy atom. The van der Waals surface area contributed by atoms with Gasteiger partial charge in [-0.15, -0.1) is 0 Å². The Morgan fingerprint density at radius 2 is 1.14 bits per heavy atom. The fraction of sp³-hybridized carbons (Fsp3) is 0.650. The number of hydrogen-bond acceptors (Lipinski definition) is 1. The summed E-state index contributed by atoms with van der Waals surface area (Å²) in [5, 5.41) is 8.47. The minimum absolute atomic E-state index is 0.138. The maximum Gasteiger partial charge on any atom is 0.307 e. The molecular formula is C20H34O2. The molecule has 0 bridgehead atoms. The first-order valence-corrected chi connectivity index (χ1v) is 8.94. The standard InChI is InChI=1S/C20H34O2/c1-2-3-4-5-6-7-8-9-10-11-12-13-14-15-16-17-18-19-20(21)22/h3-4,13-14,17-18H,2,5-12,15-16,19H2,1H3,(H,21,22). The molecule has 0 spiro atoms. The van der Waals surface area contributed by atoms with Crippen molar-refractivity contribution in [2.24, 2.45) is 0 Å². The van der Waals surface area contributed by atoms with Crippen molar-refractivity contribution in [1.29, 1.82) is 0 Å². The molecule has 0 aromatic carbocycles. The molecule has 0 aliphatic carbocycles. The summed E-state index contributed by atoms with van der Waals surface area (Å²) in [6.07, 6.45) is 26.5. The van der Waals surface area contributed by atoms with Gasteiger partial charge in [0.15, 0.2) is 0 Å². The summed E-state index contributed by atoms with van der Waals surface area (Å²) < 4.78 is 0. The molecule has 0 aliphatic heterocycles. The van der Waals surface area contributed by atoms with E-state index in [0.717, 1.165) is 19.3 Å². The summed E-state index contributed by atoms with van der Waals surface area (Å²) in [5.74, 6) is -0.760. The average Bonchev–Trinajstić information content (AvgIpc) is 2.50. The number of aliphatic carboxylic acids is 1. The SMILES string of the molecule is CCC=CCCCCCCCCC=CCCC=CCC(=O)O. The van der Waals surface area contributed by atoms with Crippen LogP contribution in [0.2, 0.25) is 0 Å². The highest BCUT2D eigenvalue weighted by Gasteiger charge is 1.90. The number of carboxylic acid groups (broad SMARTS) is 1. The Hall–Kier alpha value is -1.31. The maximum absolute atomic E-state index is 10.3. The van der Waals surface area contributed by atoms with Crippen molar-refractivity contribution in [3.05, 3.63) is 36.5 Å². The molecule has 0 unspecified atom stereocenters. The average molecular weight is 306 g/mol. The van der Waals surface area contributed by atoms with Gasteiger partial charge in [-0.05, 0) is 44.9 Å². The van der Waals surface area contributed by atoms with Crippen LogP contribution in [0.3, 0.4) is 0 Å². The van der Waals surface area contributed by atoms with E-state index in [-0.39, 0.29) is 6.42 Å². The molecule has 0 radical (unpaired) electrons. The van der Waals surface area contributed by atoms with E-state index in [1.165, 1.54) is 51.4 Å². The van der Waals surface area contributed by atoms with Gasteiger partial charge in [-0.2, -0.15) is 0 Å². The van der Waals surface area contributed by atoms with Gasteiger partial charge >= 0.3 is 5.97 Å². The van der Waals surface area contributed by atoms with Crippen LogP contribution in [-0.2, 0) is 4.79 Å². The summed E-state index contributed by atoms with van der Waals surface area (Å²) in [6.45, 7) is 2.18. The fourth-order valence-electron chi connectivity index (χ4n) is 2.25. The molecule has 0 rings (SSSR count). The van der Waals surface area contributed by atoms with E-state index in [1.807, 2.05) is 6.08 Å². The van der Waals surface area contributed by atoms with Gasteiger partial charge in [0, 0.05) is 0 Å². The van der Waals surface area contributed by atoms with E-state index in [9.17, 15) is 4.79 Å². The Kier molecular flexibility index (Phi) is 16.7. The van der Waals surface area contributed by atoms with Crippen molar-refractivity contribution < 1.29 is 9.90 Å². The van der Waals surface area contributed by atoms with E-state index in [2.05, 4.69) is 31.2 Å². The quantitative estimate of drug-likeness (QED) is 0.279. The van der Waals surface area contributed by atoms with Gasteiger partial charge in [0.05, 0.1) is 6.42 Å². The van der Waals surface area contributed by atoms with Crippen molar-refractivity contribution in [2.75, 3.05) is 0 Å². The molecule has 0 amide bonds. The van der Waals surface area contributed by atoms with Crippen LogP contribution in [0, 0.1) is 0 Å². The minimum Gasteiger partial charge on any atom is -0.481 e. The number of carboxylic acids is 1. The second-order valence-corrected chi connectivity index (χ2v) is 5.70. The van der Waals surface area contributed by atoms with Gasteiger partial charge in [-0.1, -0.05) is 69.1 Å². The monoisotopic (exact) mass is 306 g/mol. The lowest BCUT2D eigenvalue weighted by atomic mass is 10.1. The lowest BCUT2D eigenvalue weighted by Gasteiger charge is -1.99. The Bertz CT molecular complexity index is 327. The van der Waals surface area contributed by atoms with Crippen LogP contribution in [-0.4, -0.2) is 11.1 Å². The smallest absolute Gasteiger partial charge is 0.307 e. The molecule has 0 saturated carbocycles. The molecule has 0 saturated heterocycles. The summed E-state index contributed by atoms with van der Waals surface area (Å²) in [7, 11) is 0. The van der Waals surface area contributed by atoms with E-state index in [1.54, 1.807) is 6.08 Å². The number of allylic oxidation sites excluding steroid dienone is 5. The molecule has 0 aromatic rings. The Balaban J connectivity index is 3.19. The normalized spacial score (nSPS) is 12.0. The van der Waals surface area contributed by atoms with Crippen LogP contribution in [0.15, 0.2) is 36.5 Å². The third-order valence-corrected chi connectivity index (χ3v) is 3.52. The van der Waals surface area contributed by atoms with Crippen LogP contribution in [0.1, 0.15) is 84.0 Å². The van der Waals surface area contributed by atoms with Gasteiger partial charge in [0.25, 0.3) is 0 Å². The highest BCUT2D eigenvalue weighted by molar-refractivity contribution is 5.68. The van der Waals surface area contributed by atoms with Crippen LogP contribution in [0.25, 0.3) is 0 Å². The molecular weight excluding hydrogens is 272 g/mol. The van der Waals surface area contributed by atoms with Crippen LogP contribution >= 0.6 is 0 Å². The topological polar surface area (TPSA) is 37.3 Å². The highest BCUT2D eigenvalue weighted by atomic mass is 16.4. The number of carbonyl (C=O) groups is 1. The molecule has 2 heteroatoms. The van der Waals surface area contributed by atoms with Gasteiger partial charge in [-0.25, -0.2) is 0 Å². The maximum atomic E-state index is 10.3. The summed E-state index contributed by atoms with van der Waals surface area (Å²) >= 11 is 0. The zero-order valence-electron chi connectivity index (χ0n) is 14.3. The predicted molar refractivity (Wildman–Crippen MR) is 96.1 cm³/mol. The fourth-order valence-corrected chi connectivity index (χ4v) is 2.25. The summed E-state index contributed by atoms with van der Waals surface area (Å²) in [6, 6.07) is 0. The highest BCUT2D eigenvalue weighted by Crippen LogP contribution is 2.09. The zero-order chi connectivity index (χ0) is 16.3. The largest absolute Gasteiger partial charge is 0.481 e. The molecule has 0 atom stereocenters. The third-order valence-electron chi connectivity index (χ3n) is 3.52. The second kappa shape index (κ2) is 17.7. The van der Waals surface area contributed by atoms with Crippen molar-refractivity contribution in [3.8, 4) is 0 Å². The van der Waals surface area contributed by atoms with Crippen molar-refractivity contribution >= 4 is 5.97 Å². The van der Waals surface area contributed by atoms with Crippen molar-refractivity contribution in [2.45, 2.75) is 84.0 Å². The molecule has 0 heterocycles.